The second-order valence-electron chi connectivity index (χ2n) is 3.99. The van der Waals surface area contributed by atoms with E-state index in [0.717, 1.165) is 20.7 Å². The van der Waals surface area contributed by atoms with Gasteiger partial charge in [-0.3, -0.25) is 0 Å². The van der Waals surface area contributed by atoms with Crippen LogP contribution in [-0.4, -0.2) is 4.57 Å². The van der Waals surface area contributed by atoms with E-state index in [-0.39, 0.29) is 0 Å². The van der Waals surface area contributed by atoms with Crippen molar-refractivity contribution < 1.29 is 0 Å². The molecule has 84 valence electrons. The van der Waals surface area contributed by atoms with Crippen molar-refractivity contribution in [3.8, 4) is 5.69 Å². The van der Waals surface area contributed by atoms with Crippen LogP contribution in [0.3, 0.4) is 0 Å². The van der Waals surface area contributed by atoms with Crippen LogP contribution in [0.5, 0.6) is 0 Å². The number of nitrogens with zero attached hydrogens (tertiary/aromatic N) is 1. The smallest absolute Gasteiger partial charge is 0.0470 e. The molecular formula is C13H13BrClN. The SMILES string of the molecule is Cc1ccc(-n2c(C)cc(Br)c2C)cc1Cl. The number of hydrogen-bond donors (Lipinski definition) is 0. The molecule has 1 aromatic heterocycles. The van der Waals surface area contributed by atoms with Crippen molar-refractivity contribution in [3.63, 3.8) is 0 Å². The first-order valence-electron chi connectivity index (χ1n) is 5.11. The molecule has 3 heteroatoms. The van der Waals surface area contributed by atoms with Crippen LogP contribution in [0.4, 0.5) is 0 Å². The normalized spacial score (nSPS) is 10.8. The van der Waals surface area contributed by atoms with Gasteiger partial charge in [0.15, 0.2) is 0 Å². The fourth-order valence-electron chi connectivity index (χ4n) is 1.84. The molecule has 0 unspecified atom stereocenters. The molecule has 16 heavy (non-hydrogen) atoms. The summed E-state index contributed by atoms with van der Waals surface area (Å²) in [5, 5.41) is 0.807. The summed E-state index contributed by atoms with van der Waals surface area (Å²) in [7, 11) is 0. The lowest BCUT2D eigenvalue weighted by atomic mass is 10.2. The summed E-state index contributed by atoms with van der Waals surface area (Å²) in [6.45, 7) is 6.19. The highest BCUT2D eigenvalue weighted by atomic mass is 79.9. The highest BCUT2D eigenvalue weighted by molar-refractivity contribution is 9.10. The first-order chi connectivity index (χ1) is 7.50. The summed E-state index contributed by atoms with van der Waals surface area (Å²) in [5.41, 5.74) is 4.60. The number of rotatable bonds is 1. The van der Waals surface area contributed by atoms with Crippen LogP contribution in [0.15, 0.2) is 28.7 Å². The van der Waals surface area contributed by atoms with Crippen molar-refractivity contribution in [3.05, 3.63) is 50.7 Å². The van der Waals surface area contributed by atoms with Crippen LogP contribution in [0.1, 0.15) is 17.0 Å². The molecule has 1 aromatic carbocycles. The van der Waals surface area contributed by atoms with Crippen LogP contribution in [0.2, 0.25) is 5.02 Å². The van der Waals surface area contributed by atoms with Gasteiger partial charge < -0.3 is 4.57 Å². The number of aromatic nitrogens is 1. The number of aryl methyl sites for hydroxylation is 2. The van der Waals surface area contributed by atoms with Gasteiger partial charge in [0.2, 0.25) is 0 Å². The molecule has 0 spiro atoms. The molecule has 0 saturated heterocycles. The van der Waals surface area contributed by atoms with E-state index in [0.29, 0.717) is 0 Å². The topological polar surface area (TPSA) is 4.93 Å². The summed E-state index contributed by atoms with van der Waals surface area (Å²) in [6, 6.07) is 8.25. The summed E-state index contributed by atoms with van der Waals surface area (Å²) < 4.78 is 3.32. The molecular weight excluding hydrogens is 286 g/mol. The highest BCUT2D eigenvalue weighted by Gasteiger charge is 2.09. The Balaban J connectivity index is 2.63. The van der Waals surface area contributed by atoms with E-state index in [1.165, 1.54) is 11.4 Å². The van der Waals surface area contributed by atoms with Crippen LogP contribution in [-0.2, 0) is 0 Å². The van der Waals surface area contributed by atoms with Gasteiger partial charge in [0.1, 0.15) is 0 Å². The fourth-order valence-corrected chi connectivity index (χ4v) is 2.53. The molecule has 0 radical (unpaired) electrons. The van der Waals surface area contributed by atoms with Crippen LogP contribution in [0.25, 0.3) is 5.69 Å². The average Bonchev–Trinajstić information content (AvgIpc) is 2.47. The number of benzene rings is 1. The molecule has 0 N–H and O–H groups in total. The maximum atomic E-state index is 6.15. The number of hydrogen-bond acceptors (Lipinski definition) is 0. The monoisotopic (exact) mass is 297 g/mol. The van der Waals surface area contributed by atoms with Crippen molar-refractivity contribution >= 4 is 27.5 Å². The molecule has 0 aliphatic carbocycles. The maximum absolute atomic E-state index is 6.15. The quantitative estimate of drug-likeness (QED) is 0.711. The maximum Gasteiger partial charge on any atom is 0.0470 e. The van der Waals surface area contributed by atoms with Gasteiger partial charge in [0.05, 0.1) is 0 Å². The molecule has 0 bridgehead atoms. The van der Waals surface area contributed by atoms with Crippen LogP contribution >= 0.6 is 27.5 Å². The lowest BCUT2D eigenvalue weighted by molar-refractivity contribution is 0.962. The Labute approximate surface area is 109 Å². The second kappa shape index (κ2) is 4.27. The minimum atomic E-state index is 0.807. The predicted molar refractivity (Wildman–Crippen MR) is 72.7 cm³/mol. The zero-order chi connectivity index (χ0) is 11.9. The Bertz CT molecular complexity index is 543. The third-order valence-corrected chi connectivity index (χ3v) is 3.99. The van der Waals surface area contributed by atoms with E-state index in [1.54, 1.807) is 0 Å². The van der Waals surface area contributed by atoms with E-state index in [9.17, 15) is 0 Å². The van der Waals surface area contributed by atoms with Crippen molar-refractivity contribution in [2.75, 3.05) is 0 Å². The molecule has 0 saturated carbocycles. The third kappa shape index (κ3) is 1.92. The molecule has 0 aliphatic heterocycles. The molecule has 2 aromatic rings. The summed E-state index contributed by atoms with van der Waals surface area (Å²) in [6.07, 6.45) is 0. The van der Waals surface area contributed by atoms with E-state index in [4.69, 9.17) is 11.6 Å². The Morgan fingerprint density at radius 3 is 2.31 bits per heavy atom. The summed E-state index contributed by atoms with van der Waals surface area (Å²) >= 11 is 9.69. The average molecular weight is 299 g/mol. The van der Waals surface area contributed by atoms with Crippen LogP contribution in [0, 0.1) is 20.8 Å². The second-order valence-corrected chi connectivity index (χ2v) is 5.25. The first-order valence-corrected chi connectivity index (χ1v) is 6.29. The predicted octanol–water partition coefficient (Wildman–Crippen LogP) is 4.82. The zero-order valence-electron chi connectivity index (χ0n) is 9.51. The molecule has 0 atom stereocenters. The van der Waals surface area contributed by atoms with Gasteiger partial charge >= 0.3 is 0 Å². The van der Waals surface area contributed by atoms with Gasteiger partial charge in [-0.2, -0.15) is 0 Å². The van der Waals surface area contributed by atoms with Gasteiger partial charge in [0, 0.05) is 26.6 Å². The lowest BCUT2D eigenvalue weighted by Gasteiger charge is -2.10. The summed E-state index contributed by atoms with van der Waals surface area (Å²) in [4.78, 5) is 0. The Hall–Kier alpha value is -0.730. The molecule has 1 nitrogen and oxygen atoms in total. The largest absolute Gasteiger partial charge is 0.317 e. The zero-order valence-corrected chi connectivity index (χ0v) is 11.9. The van der Waals surface area contributed by atoms with Crippen molar-refractivity contribution in [2.45, 2.75) is 20.8 Å². The van der Waals surface area contributed by atoms with E-state index >= 15 is 0 Å². The van der Waals surface area contributed by atoms with Crippen molar-refractivity contribution in [2.24, 2.45) is 0 Å². The van der Waals surface area contributed by atoms with E-state index in [1.807, 2.05) is 19.1 Å². The molecule has 0 fully saturated rings. The standard InChI is InChI=1S/C13H13BrClN/c1-8-4-5-11(7-13(8)15)16-9(2)6-12(14)10(16)3/h4-7H,1-3H3. The van der Waals surface area contributed by atoms with Crippen molar-refractivity contribution in [1.82, 2.24) is 4.57 Å². The molecule has 2 rings (SSSR count). The van der Waals surface area contributed by atoms with E-state index in [2.05, 4.69) is 46.5 Å². The minimum Gasteiger partial charge on any atom is -0.317 e. The third-order valence-electron chi connectivity index (χ3n) is 2.78. The van der Waals surface area contributed by atoms with Gasteiger partial charge in [-0.25, -0.2) is 0 Å². The minimum absolute atomic E-state index is 0.807. The van der Waals surface area contributed by atoms with Crippen molar-refractivity contribution in [1.29, 1.82) is 0 Å². The highest BCUT2D eigenvalue weighted by Crippen LogP contribution is 2.27. The molecule has 0 amide bonds. The Morgan fingerprint density at radius 1 is 1.12 bits per heavy atom. The Kier molecular flexibility index (Phi) is 3.13. The van der Waals surface area contributed by atoms with Crippen LogP contribution < -0.4 is 0 Å². The Morgan fingerprint density at radius 2 is 1.81 bits per heavy atom. The van der Waals surface area contributed by atoms with Gasteiger partial charge in [0.25, 0.3) is 0 Å². The first kappa shape index (κ1) is 11.7. The van der Waals surface area contributed by atoms with Gasteiger partial charge in [-0.1, -0.05) is 17.7 Å². The summed E-state index contributed by atoms with van der Waals surface area (Å²) in [5.74, 6) is 0. The van der Waals surface area contributed by atoms with E-state index < -0.39 is 0 Å². The number of halogens is 2. The van der Waals surface area contributed by atoms with Gasteiger partial charge in [-0.15, -0.1) is 0 Å². The molecule has 0 aliphatic rings. The van der Waals surface area contributed by atoms with Gasteiger partial charge in [-0.05, 0) is 60.5 Å². The molecule has 1 heterocycles. The fraction of sp³-hybridized carbons (Fsp3) is 0.231. The lowest BCUT2D eigenvalue weighted by Crippen LogP contribution is -1.98.